The van der Waals surface area contributed by atoms with Gasteiger partial charge < -0.3 is 10.5 Å². The number of aliphatic imine (C=N–C) groups is 1. The van der Waals surface area contributed by atoms with Crippen molar-refractivity contribution in [3.8, 4) is 5.75 Å². The Kier molecular flexibility index (Phi) is 3.35. The molecule has 0 bridgehead atoms. The number of ether oxygens (including phenoxy) is 1. The molecule has 2 aromatic rings. The molecule has 2 N–H and O–H groups in total. The highest BCUT2D eigenvalue weighted by Crippen LogP contribution is 2.22. The highest BCUT2D eigenvalue weighted by molar-refractivity contribution is 5.83. The zero-order valence-corrected chi connectivity index (χ0v) is 9.50. The molecule has 4 nitrogen and oxygen atoms in total. The second-order valence-electron chi connectivity index (χ2n) is 3.46. The van der Waals surface area contributed by atoms with Gasteiger partial charge in [-0.3, -0.25) is 0 Å². The fraction of sp³-hybridized carbons (Fsp3) is 0.0769. The number of nitrogens with zero attached hydrogens (tertiary/aromatic N) is 2. The van der Waals surface area contributed by atoms with Gasteiger partial charge in [-0.05, 0) is 29.8 Å². The Morgan fingerprint density at radius 1 is 1.29 bits per heavy atom. The van der Waals surface area contributed by atoms with Crippen LogP contribution in [0.1, 0.15) is 5.56 Å². The largest absolute Gasteiger partial charge is 0.493 e. The lowest BCUT2D eigenvalue weighted by Gasteiger charge is -2.01. The van der Waals surface area contributed by atoms with Gasteiger partial charge in [0.2, 0.25) is 0 Å². The standard InChI is InChI=1S/C13H13N3O/c1-17-12-6-3-7-15-13(12)16-9-10-4-2-5-11(14)8-10/h2-9H,14H2,1H3/b16-9+. The number of hydrogen-bond acceptors (Lipinski definition) is 4. The van der Waals surface area contributed by atoms with Gasteiger partial charge in [-0.1, -0.05) is 12.1 Å². The van der Waals surface area contributed by atoms with Crippen LogP contribution in [0, 0.1) is 0 Å². The van der Waals surface area contributed by atoms with E-state index in [4.69, 9.17) is 10.5 Å². The molecule has 0 atom stereocenters. The number of aromatic nitrogens is 1. The molecule has 2 rings (SSSR count). The van der Waals surface area contributed by atoms with Gasteiger partial charge in [-0.25, -0.2) is 9.98 Å². The summed E-state index contributed by atoms with van der Waals surface area (Å²) >= 11 is 0. The van der Waals surface area contributed by atoms with Crippen LogP contribution < -0.4 is 10.5 Å². The molecule has 0 unspecified atom stereocenters. The van der Waals surface area contributed by atoms with E-state index in [0.717, 1.165) is 5.56 Å². The summed E-state index contributed by atoms with van der Waals surface area (Å²) in [5, 5.41) is 0. The molecule has 0 amide bonds. The molecule has 0 saturated heterocycles. The zero-order valence-electron chi connectivity index (χ0n) is 9.50. The number of nitrogens with two attached hydrogens (primary N) is 1. The Morgan fingerprint density at radius 3 is 2.94 bits per heavy atom. The summed E-state index contributed by atoms with van der Waals surface area (Å²) in [6.07, 6.45) is 3.38. The zero-order chi connectivity index (χ0) is 12.1. The highest BCUT2D eigenvalue weighted by Gasteiger charge is 1.99. The average Bonchev–Trinajstić information content (AvgIpc) is 2.37. The summed E-state index contributed by atoms with van der Waals surface area (Å²) in [7, 11) is 1.59. The van der Waals surface area contributed by atoms with Crippen molar-refractivity contribution >= 4 is 17.7 Å². The molecule has 1 aromatic heterocycles. The van der Waals surface area contributed by atoms with E-state index in [-0.39, 0.29) is 0 Å². The minimum atomic E-state index is 0.553. The van der Waals surface area contributed by atoms with Crippen molar-refractivity contribution in [2.75, 3.05) is 12.8 Å². The molecule has 17 heavy (non-hydrogen) atoms. The number of methoxy groups -OCH3 is 1. The molecule has 0 fully saturated rings. The lowest BCUT2D eigenvalue weighted by atomic mass is 10.2. The van der Waals surface area contributed by atoms with Crippen LogP contribution in [0.3, 0.4) is 0 Å². The number of nitrogen functional groups attached to an aromatic ring is 1. The molecular formula is C13H13N3O. The van der Waals surface area contributed by atoms with Gasteiger partial charge in [0.15, 0.2) is 11.6 Å². The van der Waals surface area contributed by atoms with Crippen molar-refractivity contribution in [2.24, 2.45) is 4.99 Å². The Bertz CT molecular complexity index is 538. The van der Waals surface area contributed by atoms with Gasteiger partial charge in [0.1, 0.15) is 0 Å². The third-order valence-electron chi connectivity index (χ3n) is 2.22. The third-order valence-corrected chi connectivity index (χ3v) is 2.22. The quantitative estimate of drug-likeness (QED) is 0.647. The minimum absolute atomic E-state index is 0.553. The summed E-state index contributed by atoms with van der Waals surface area (Å²) in [5.41, 5.74) is 7.32. The molecule has 0 aliphatic heterocycles. The second kappa shape index (κ2) is 5.12. The van der Waals surface area contributed by atoms with Gasteiger partial charge in [-0.15, -0.1) is 0 Å². The predicted octanol–water partition coefficient (Wildman–Crippen LogP) is 2.42. The number of anilines is 1. The molecule has 0 saturated carbocycles. The van der Waals surface area contributed by atoms with Crippen LogP contribution in [0.5, 0.6) is 5.75 Å². The van der Waals surface area contributed by atoms with Crippen molar-refractivity contribution < 1.29 is 4.74 Å². The van der Waals surface area contributed by atoms with Crippen molar-refractivity contribution in [3.63, 3.8) is 0 Å². The Morgan fingerprint density at radius 2 is 2.18 bits per heavy atom. The lowest BCUT2D eigenvalue weighted by molar-refractivity contribution is 0.414. The van der Waals surface area contributed by atoms with Gasteiger partial charge in [0.25, 0.3) is 0 Å². The third kappa shape index (κ3) is 2.81. The van der Waals surface area contributed by atoms with Crippen molar-refractivity contribution in [2.45, 2.75) is 0 Å². The van der Waals surface area contributed by atoms with Crippen LogP contribution in [-0.4, -0.2) is 18.3 Å². The molecule has 86 valence electrons. The molecule has 1 heterocycles. The molecule has 0 aliphatic rings. The Labute approximate surface area is 99.8 Å². The lowest BCUT2D eigenvalue weighted by Crippen LogP contribution is -1.88. The van der Waals surface area contributed by atoms with E-state index in [1.165, 1.54) is 0 Å². The molecular weight excluding hydrogens is 214 g/mol. The number of hydrogen-bond donors (Lipinski definition) is 1. The van der Waals surface area contributed by atoms with E-state index >= 15 is 0 Å². The van der Waals surface area contributed by atoms with Gasteiger partial charge in [0, 0.05) is 18.1 Å². The first-order chi connectivity index (χ1) is 8.29. The SMILES string of the molecule is COc1cccnc1/N=C/c1cccc(N)c1. The van der Waals surface area contributed by atoms with E-state index in [9.17, 15) is 0 Å². The molecule has 0 radical (unpaired) electrons. The summed E-state index contributed by atoms with van der Waals surface area (Å²) < 4.78 is 5.16. The monoisotopic (exact) mass is 227 g/mol. The Balaban J connectivity index is 2.26. The van der Waals surface area contributed by atoms with E-state index < -0.39 is 0 Å². The topological polar surface area (TPSA) is 60.5 Å². The van der Waals surface area contributed by atoms with Crippen LogP contribution in [0.2, 0.25) is 0 Å². The fourth-order valence-corrected chi connectivity index (χ4v) is 1.41. The molecule has 1 aromatic carbocycles. The van der Waals surface area contributed by atoms with Crippen LogP contribution >= 0.6 is 0 Å². The highest BCUT2D eigenvalue weighted by atomic mass is 16.5. The van der Waals surface area contributed by atoms with Crippen molar-refractivity contribution in [1.82, 2.24) is 4.98 Å². The van der Waals surface area contributed by atoms with Crippen LogP contribution in [0.25, 0.3) is 0 Å². The first-order valence-corrected chi connectivity index (χ1v) is 5.18. The first kappa shape index (κ1) is 11.1. The normalized spacial score (nSPS) is 10.6. The number of rotatable bonds is 3. The van der Waals surface area contributed by atoms with Gasteiger partial charge in [-0.2, -0.15) is 0 Å². The van der Waals surface area contributed by atoms with E-state index in [1.807, 2.05) is 30.3 Å². The first-order valence-electron chi connectivity index (χ1n) is 5.18. The maximum absolute atomic E-state index is 5.68. The smallest absolute Gasteiger partial charge is 0.194 e. The van der Waals surface area contributed by atoms with Gasteiger partial charge in [0.05, 0.1) is 7.11 Å². The maximum atomic E-state index is 5.68. The summed E-state index contributed by atoms with van der Waals surface area (Å²) in [6.45, 7) is 0. The summed E-state index contributed by atoms with van der Waals surface area (Å²) in [5.74, 6) is 1.20. The minimum Gasteiger partial charge on any atom is -0.493 e. The van der Waals surface area contributed by atoms with Crippen molar-refractivity contribution in [3.05, 3.63) is 48.2 Å². The summed E-state index contributed by atoms with van der Waals surface area (Å²) in [6, 6.07) is 11.1. The van der Waals surface area contributed by atoms with Gasteiger partial charge >= 0.3 is 0 Å². The maximum Gasteiger partial charge on any atom is 0.194 e. The van der Waals surface area contributed by atoms with Crippen LogP contribution in [0.15, 0.2) is 47.6 Å². The van der Waals surface area contributed by atoms with E-state index in [1.54, 1.807) is 25.6 Å². The molecule has 4 heteroatoms. The second-order valence-corrected chi connectivity index (χ2v) is 3.46. The van der Waals surface area contributed by atoms with E-state index in [2.05, 4.69) is 9.98 Å². The molecule has 0 spiro atoms. The van der Waals surface area contributed by atoms with E-state index in [0.29, 0.717) is 17.3 Å². The van der Waals surface area contributed by atoms with Crippen molar-refractivity contribution in [1.29, 1.82) is 0 Å². The number of pyridine rings is 1. The number of benzene rings is 1. The summed E-state index contributed by atoms with van der Waals surface area (Å²) in [4.78, 5) is 8.40. The van der Waals surface area contributed by atoms with Crippen LogP contribution in [-0.2, 0) is 0 Å². The molecule has 0 aliphatic carbocycles. The average molecular weight is 227 g/mol. The fourth-order valence-electron chi connectivity index (χ4n) is 1.41. The Hall–Kier alpha value is -2.36. The predicted molar refractivity (Wildman–Crippen MR) is 68.9 cm³/mol. The van der Waals surface area contributed by atoms with Crippen LogP contribution in [0.4, 0.5) is 11.5 Å².